The van der Waals surface area contributed by atoms with E-state index in [9.17, 15) is 22.8 Å². The van der Waals surface area contributed by atoms with Crippen molar-refractivity contribution < 1.29 is 37.0 Å². The van der Waals surface area contributed by atoms with Crippen LogP contribution >= 0.6 is 11.3 Å². The first-order chi connectivity index (χ1) is 15.8. The summed E-state index contributed by atoms with van der Waals surface area (Å²) in [6, 6.07) is 9.54. The number of carbonyl (C=O) groups is 2. The molecule has 0 radical (unpaired) electrons. The molecule has 0 saturated heterocycles. The SMILES string of the molecule is O=C(Cn1ccc(C(F)(F)F)n1)OCC(=O)N(Cc1cccs1)c1ccc2c(c1)OCCO2. The van der Waals surface area contributed by atoms with Gasteiger partial charge in [-0.05, 0) is 29.6 Å². The lowest BCUT2D eigenvalue weighted by Crippen LogP contribution is -2.34. The highest BCUT2D eigenvalue weighted by molar-refractivity contribution is 7.09. The van der Waals surface area contributed by atoms with E-state index in [1.807, 2.05) is 17.5 Å². The molecule has 33 heavy (non-hydrogen) atoms. The molecule has 174 valence electrons. The van der Waals surface area contributed by atoms with Crippen LogP contribution in [0.2, 0.25) is 0 Å². The molecule has 0 aliphatic carbocycles. The van der Waals surface area contributed by atoms with Gasteiger partial charge < -0.3 is 19.1 Å². The van der Waals surface area contributed by atoms with Gasteiger partial charge in [0.2, 0.25) is 0 Å². The van der Waals surface area contributed by atoms with Gasteiger partial charge in [-0.2, -0.15) is 18.3 Å². The van der Waals surface area contributed by atoms with Gasteiger partial charge in [-0.3, -0.25) is 14.3 Å². The lowest BCUT2D eigenvalue weighted by Gasteiger charge is -2.25. The molecule has 4 rings (SSSR count). The van der Waals surface area contributed by atoms with Gasteiger partial charge in [0.1, 0.15) is 19.8 Å². The average molecular weight is 481 g/mol. The van der Waals surface area contributed by atoms with Crippen molar-refractivity contribution in [3.63, 3.8) is 0 Å². The molecule has 8 nitrogen and oxygen atoms in total. The molecule has 0 atom stereocenters. The summed E-state index contributed by atoms with van der Waals surface area (Å²) in [5.74, 6) is -0.334. The zero-order chi connectivity index (χ0) is 23.4. The predicted octanol–water partition coefficient (Wildman–Crippen LogP) is 3.51. The Hall–Kier alpha value is -3.54. The number of aromatic nitrogens is 2. The smallest absolute Gasteiger partial charge is 0.435 e. The summed E-state index contributed by atoms with van der Waals surface area (Å²) < 4.78 is 54.8. The summed E-state index contributed by atoms with van der Waals surface area (Å²) in [4.78, 5) is 27.4. The number of esters is 1. The van der Waals surface area contributed by atoms with Crippen LogP contribution in [-0.4, -0.2) is 41.5 Å². The molecular formula is C21H18F3N3O5S. The molecule has 12 heteroatoms. The van der Waals surface area contributed by atoms with Gasteiger partial charge in [-0.25, -0.2) is 0 Å². The minimum Gasteiger partial charge on any atom is -0.486 e. The van der Waals surface area contributed by atoms with Crippen LogP contribution < -0.4 is 14.4 Å². The molecule has 1 aliphatic heterocycles. The second-order valence-electron chi connectivity index (χ2n) is 6.94. The molecule has 0 bridgehead atoms. The van der Waals surface area contributed by atoms with Gasteiger partial charge >= 0.3 is 12.1 Å². The number of hydrogen-bond donors (Lipinski definition) is 0. The molecular weight excluding hydrogens is 463 g/mol. The molecule has 0 unspecified atom stereocenters. The maximum Gasteiger partial charge on any atom is 0.435 e. The van der Waals surface area contributed by atoms with Crippen molar-refractivity contribution >= 4 is 28.9 Å². The second-order valence-corrected chi connectivity index (χ2v) is 7.98. The van der Waals surface area contributed by atoms with Crippen LogP contribution in [-0.2, 0) is 33.6 Å². The molecule has 2 aromatic heterocycles. The fraction of sp³-hybridized carbons (Fsp3) is 0.286. The van der Waals surface area contributed by atoms with Crippen molar-refractivity contribution in [2.45, 2.75) is 19.3 Å². The third kappa shape index (κ3) is 5.64. The number of nitrogens with zero attached hydrogens (tertiary/aromatic N) is 3. The van der Waals surface area contributed by atoms with E-state index in [0.717, 1.165) is 21.8 Å². The minimum atomic E-state index is -4.61. The molecule has 0 fully saturated rings. The number of thiophene rings is 1. The number of rotatable bonds is 7. The van der Waals surface area contributed by atoms with Crippen LogP contribution in [0.1, 0.15) is 10.6 Å². The molecule has 1 aromatic carbocycles. The Kier molecular flexibility index (Phi) is 6.54. The van der Waals surface area contributed by atoms with Crippen molar-refractivity contribution in [1.29, 1.82) is 0 Å². The summed E-state index contributed by atoms with van der Waals surface area (Å²) >= 11 is 1.46. The summed E-state index contributed by atoms with van der Waals surface area (Å²) in [7, 11) is 0. The van der Waals surface area contributed by atoms with Gasteiger partial charge in [0.05, 0.1) is 6.54 Å². The Morgan fingerprint density at radius 3 is 2.64 bits per heavy atom. The summed E-state index contributed by atoms with van der Waals surface area (Å²) in [5, 5.41) is 5.17. The first-order valence-electron chi connectivity index (χ1n) is 9.78. The standard InChI is InChI=1S/C21H18F3N3O5S/c22-21(23,24)18-5-6-26(25-18)12-20(29)32-13-19(28)27(11-15-2-1-9-33-15)14-3-4-16-17(10-14)31-8-7-30-16/h1-6,9-10H,7-8,11-13H2. The molecule has 3 heterocycles. The Morgan fingerprint density at radius 1 is 1.15 bits per heavy atom. The van der Waals surface area contributed by atoms with E-state index < -0.39 is 36.9 Å². The summed E-state index contributed by atoms with van der Waals surface area (Å²) in [6.07, 6.45) is -3.60. The number of ether oxygens (including phenoxy) is 3. The third-order valence-corrected chi connectivity index (χ3v) is 5.47. The molecule has 1 amide bonds. The van der Waals surface area contributed by atoms with E-state index in [4.69, 9.17) is 14.2 Å². The first-order valence-corrected chi connectivity index (χ1v) is 10.7. The number of anilines is 1. The number of carbonyl (C=O) groups excluding carboxylic acids is 2. The minimum absolute atomic E-state index is 0.238. The number of halogens is 3. The number of hydrogen-bond acceptors (Lipinski definition) is 7. The number of alkyl halides is 3. The Morgan fingerprint density at radius 2 is 1.94 bits per heavy atom. The lowest BCUT2D eigenvalue weighted by molar-refractivity contribution is -0.149. The quantitative estimate of drug-likeness (QED) is 0.481. The fourth-order valence-corrected chi connectivity index (χ4v) is 3.77. The zero-order valence-electron chi connectivity index (χ0n) is 17.1. The van der Waals surface area contributed by atoms with Crippen LogP contribution in [0.25, 0.3) is 0 Å². The van der Waals surface area contributed by atoms with Crippen LogP contribution in [0.4, 0.5) is 18.9 Å². The number of benzene rings is 1. The van der Waals surface area contributed by atoms with Crippen molar-refractivity contribution in [1.82, 2.24) is 9.78 Å². The molecule has 0 saturated carbocycles. The van der Waals surface area contributed by atoms with Gasteiger partial charge in [0.15, 0.2) is 23.8 Å². The van der Waals surface area contributed by atoms with Gasteiger partial charge in [0.25, 0.3) is 5.91 Å². The Balaban J connectivity index is 1.43. The maximum atomic E-state index is 12.9. The van der Waals surface area contributed by atoms with Gasteiger partial charge in [-0.1, -0.05) is 6.07 Å². The highest BCUT2D eigenvalue weighted by Crippen LogP contribution is 2.35. The average Bonchev–Trinajstić information content (AvgIpc) is 3.47. The highest BCUT2D eigenvalue weighted by Gasteiger charge is 2.33. The lowest BCUT2D eigenvalue weighted by atomic mass is 10.2. The van der Waals surface area contributed by atoms with Crippen molar-refractivity contribution in [2.24, 2.45) is 0 Å². The van der Waals surface area contributed by atoms with Crippen molar-refractivity contribution in [3.8, 4) is 11.5 Å². The molecule has 0 spiro atoms. The van der Waals surface area contributed by atoms with Crippen molar-refractivity contribution in [3.05, 3.63) is 58.5 Å². The first kappa shape index (κ1) is 22.6. The van der Waals surface area contributed by atoms with E-state index in [0.29, 0.717) is 30.4 Å². The largest absolute Gasteiger partial charge is 0.486 e. The topological polar surface area (TPSA) is 82.9 Å². The summed E-state index contributed by atoms with van der Waals surface area (Å²) in [6.45, 7) is -0.0938. The van der Waals surface area contributed by atoms with Crippen molar-refractivity contribution in [2.75, 3.05) is 24.7 Å². The molecule has 0 N–H and O–H groups in total. The number of fused-ring (bicyclic) bond motifs is 1. The fourth-order valence-electron chi connectivity index (χ4n) is 3.08. The van der Waals surface area contributed by atoms with Crippen LogP contribution in [0.5, 0.6) is 11.5 Å². The monoisotopic (exact) mass is 481 g/mol. The zero-order valence-corrected chi connectivity index (χ0v) is 17.9. The maximum absolute atomic E-state index is 12.9. The van der Waals surface area contributed by atoms with E-state index in [1.54, 1.807) is 18.2 Å². The predicted molar refractivity (Wildman–Crippen MR) is 111 cm³/mol. The molecule has 3 aromatic rings. The van der Waals surface area contributed by atoms with E-state index in [-0.39, 0.29) is 6.54 Å². The van der Waals surface area contributed by atoms with Crippen LogP contribution in [0.15, 0.2) is 48.0 Å². The van der Waals surface area contributed by atoms with E-state index in [1.165, 1.54) is 16.2 Å². The van der Waals surface area contributed by atoms with Gasteiger partial charge in [0, 0.05) is 22.8 Å². The Labute approximate surface area is 190 Å². The van der Waals surface area contributed by atoms with Crippen LogP contribution in [0, 0.1) is 0 Å². The highest BCUT2D eigenvalue weighted by atomic mass is 32.1. The molecule has 1 aliphatic rings. The van der Waals surface area contributed by atoms with E-state index in [2.05, 4.69) is 5.10 Å². The Bertz CT molecular complexity index is 1130. The normalized spacial score (nSPS) is 12.9. The summed E-state index contributed by atoms with van der Waals surface area (Å²) in [5.41, 5.74) is -0.595. The van der Waals surface area contributed by atoms with E-state index >= 15 is 0 Å². The number of amides is 1. The van der Waals surface area contributed by atoms with Gasteiger partial charge in [-0.15, -0.1) is 11.3 Å². The second kappa shape index (κ2) is 9.53. The van der Waals surface area contributed by atoms with Crippen LogP contribution in [0.3, 0.4) is 0 Å². The third-order valence-electron chi connectivity index (χ3n) is 4.61.